The lowest BCUT2D eigenvalue weighted by Gasteiger charge is -2.09. The largest absolute Gasteiger partial charge is 0.451 e. The Labute approximate surface area is 204 Å². The van der Waals surface area contributed by atoms with E-state index in [1.54, 1.807) is 18.3 Å². The van der Waals surface area contributed by atoms with Gasteiger partial charge < -0.3 is 4.42 Å². The Morgan fingerprint density at radius 3 is 2.55 bits per heavy atom. The van der Waals surface area contributed by atoms with Crippen LogP contribution in [0.1, 0.15) is 26.6 Å². The standard InChI is InChI=1S/C22H12Cl3F3N2O2S/c23-13-3-1-11(17(25)9-13)7-14-10-29-21(33-14)30-20(31)19-6-5-18(32-19)12-2-4-16(24)15(8-12)22(26,27)28/h1-6,8-10H,7H2,(H,29,30,31). The number of hydrogen-bond acceptors (Lipinski definition) is 4. The molecular formula is C22H12Cl3F3N2O2S. The summed E-state index contributed by atoms with van der Waals surface area (Å²) in [6.45, 7) is 0. The van der Waals surface area contributed by atoms with Crippen LogP contribution in [0.5, 0.6) is 0 Å². The van der Waals surface area contributed by atoms with Gasteiger partial charge in [0, 0.05) is 33.1 Å². The molecule has 0 aliphatic rings. The summed E-state index contributed by atoms with van der Waals surface area (Å²) in [7, 11) is 0. The van der Waals surface area contributed by atoms with E-state index < -0.39 is 22.7 Å². The van der Waals surface area contributed by atoms with Gasteiger partial charge in [0.1, 0.15) is 5.76 Å². The van der Waals surface area contributed by atoms with Crippen molar-refractivity contribution in [3.63, 3.8) is 0 Å². The van der Waals surface area contributed by atoms with Crippen molar-refractivity contribution in [3.8, 4) is 11.3 Å². The highest BCUT2D eigenvalue weighted by atomic mass is 35.5. The maximum absolute atomic E-state index is 13.1. The van der Waals surface area contributed by atoms with Crippen LogP contribution in [-0.4, -0.2) is 10.9 Å². The fourth-order valence-corrected chi connectivity index (χ4v) is 4.50. The molecule has 0 saturated carbocycles. The SMILES string of the molecule is O=C(Nc1ncc(Cc2ccc(Cl)cc2Cl)s1)c1ccc(-c2ccc(Cl)c(C(F)(F)F)c2)o1. The van der Waals surface area contributed by atoms with E-state index in [2.05, 4.69) is 10.3 Å². The molecule has 1 amide bonds. The van der Waals surface area contributed by atoms with E-state index in [1.165, 1.54) is 29.5 Å². The molecule has 0 radical (unpaired) electrons. The van der Waals surface area contributed by atoms with Gasteiger partial charge in [-0.15, -0.1) is 11.3 Å². The third-order valence-electron chi connectivity index (χ3n) is 4.54. The summed E-state index contributed by atoms with van der Waals surface area (Å²) < 4.78 is 44.8. The number of halogens is 6. The minimum atomic E-state index is -4.61. The molecule has 0 bridgehead atoms. The van der Waals surface area contributed by atoms with Gasteiger partial charge in [-0.05, 0) is 48.0 Å². The van der Waals surface area contributed by atoms with Gasteiger partial charge in [0.15, 0.2) is 10.9 Å². The highest BCUT2D eigenvalue weighted by Crippen LogP contribution is 2.37. The van der Waals surface area contributed by atoms with Gasteiger partial charge in [0.2, 0.25) is 0 Å². The van der Waals surface area contributed by atoms with Crippen LogP contribution >= 0.6 is 46.1 Å². The number of amides is 1. The molecule has 4 aromatic rings. The molecule has 0 unspecified atom stereocenters. The molecule has 0 aliphatic carbocycles. The predicted octanol–water partition coefficient (Wildman–Crippen LogP) is 8.23. The zero-order valence-corrected chi connectivity index (χ0v) is 19.4. The number of benzene rings is 2. The second-order valence-corrected chi connectivity index (χ2v) is 9.22. The van der Waals surface area contributed by atoms with Gasteiger partial charge in [-0.3, -0.25) is 10.1 Å². The monoisotopic (exact) mass is 530 g/mol. The van der Waals surface area contributed by atoms with Crippen LogP contribution in [0, 0.1) is 0 Å². The average Bonchev–Trinajstić information content (AvgIpc) is 3.39. The van der Waals surface area contributed by atoms with Crippen LogP contribution < -0.4 is 5.32 Å². The van der Waals surface area contributed by atoms with Crippen LogP contribution in [0.3, 0.4) is 0 Å². The van der Waals surface area contributed by atoms with Crippen molar-refractivity contribution in [3.05, 3.63) is 91.6 Å². The molecule has 0 fully saturated rings. The first kappa shape index (κ1) is 23.6. The van der Waals surface area contributed by atoms with Crippen LogP contribution in [0.2, 0.25) is 15.1 Å². The van der Waals surface area contributed by atoms with Gasteiger partial charge in [-0.25, -0.2) is 4.98 Å². The van der Waals surface area contributed by atoms with Crippen molar-refractivity contribution >= 4 is 57.2 Å². The maximum atomic E-state index is 13.1. The summed E-state index contributed by atoms with van der Waals surface area (Å²) in [5.74, 6) is -0.567. The smallest absolute Gasteiger partial charge is 0.417 e. The van der Waals surface area contributed by atoms with Gasteiger partial charge in [0.25, 0.3) is 5.91 Å². The van der Waals surface area contributed by atoms with Crippen LogP contribution in [0.15, 0.2) is 59.1 Å². The minimum Gasteiger partial charge on any atom is -0.451 e. The summed E-state index contributed by atoms with van der Waals surface area (Å²) in [4.78, 5) is 17.6. The number of carbonyl (C=O) groups excluding carboxylic acids is 1. The van der Waals surface area contributed by atoms with Gasteiger partial charge in [0.05, 0.1) is 10.6 Å². The summed E-state index contributed by atoms with van der Waals surface area (Å²) >= 11 is 19.0. The average molecular weight is 532 g/mol. The Morgan fingerprint density at radius 2 is 1.82 bits per heavy atom. The van der Waals surface area contributed by atoms with E-state index in [0.717, 1.165) is 22.6 Å². The van der Waals surface area contributed by atoms with E-state index in [0.29, 0.717) is 21.6 Å². The first-order valence-electron chi connectivity index (χ1n) is 9.27. The Kier molecular flexibility index (Phi) is 6.72. The summed E-state index contributed by atoms with van der Waals surface area (Å²) in [6, 6.07) is 11.4. The molecule has 0 aliphatic heterocycles. The number of rotatable bonds is 5. The molecule has 11 heteroatoms. The molecule has 4 rings (SSSR count). The normalized spacial score (nSPS) is 11.6. The maximum Gasteiger partial charge on any atom is 0.417 e. The lowest BCUT2D eigenvalue weighted by molar-refractivity contribution is -0.137. The Hall–Kier alpha value is -2.52. The molecular weight excluding hydrogens is 520 g/mol. The number of aromatic nitrogens is 1. The van der Waals surface area contributed by atoms with Crippen LogP contribution in [0.25, 0.3) is 11.3 Å². The fraction of sp³-hybridized carbons (Fsp3) is 0.0909. The zero-order chi connectivity index (χ0) is 23.8. The number of nitrogens with zero attached hydrogens (tertiary/aromatic N) is 1. The number of furan rings is 1. The van der Waals surface area contributed by atoms with E-state index in [9.17, 15) is 18.0 Å². The van der Waals surface area contributed by atoms with Crippen molar-refractivity contribution in [2.24, 2.45) is 0 Å². The highest BCUT2D eigenvalue weighted by Gasteiger charge is 2.33. The Bertz CT molecular complexity index is 1330. The van der Waals surface area contributed by atoms with Gasteiger partial charge in [-0.1, -0.05) is 40.9 Å². The molecule has 1 N–H and O–H groups in total. The summed E-state index contributed by atoms with van der Waals surface area (Å²) in [5, 5.41) is 3.60. The summed E-state index contributed by atoms with van der Waals surface area (Å²) in [5.41, 5.74) is 0.0155. The van der Waals surface area contributed by atoms with Crippen molar-refractivity contribution in [2.45, 2.75) is 12.6 Å². The molecule has 2 aromatic heterocycles. The molecule has 33 heavy (non-hydrogen) atoms. The second kappa shape index (κ2) is 9.38. The minimum absolute atomic E-state index is 0.0778. The van der Waals surface area contributed by atoms with Crippen molar-refractivity contribution in [1.29, 1.82) is 0 Å². The molecule has 4 nitrogen and oxygen atoms in total. The number of hydrogen-bond donors (Lipinski definition) is 1. The Morgan fingerprint density at radius 1 is 1.03 bits per heavy atom. The quantitative estimate of drug-likeness (QED) is 0.282. The van der Waals surface area contributed by atoms with Crippen molar-refractivity contribution in [1.82, 2.24) is 4.98 Å². The molecule has 0 atom stereocenters. The zero-order valence-electron chi connectivity index (χ0n) is 16.3. The Balaban J connectivity index is 1.47. The van der Waals surface area contributed by atoms with Crippen LogP contribution in [0.4, 0.5) is 18.3 Å². The molecule has 0 saturated heterocycles. The highest BCUT2D eigenvalue weighted by molar-refractivity contribution is 7.15. The first-order valence-corrected chi connectivity index (χ1v) is 11.2. The molecule has 0 spiro atoms. The molecule has 2 heterocycles. The fourth-order valence-electron chi connectivity index (χ4n) is 2.97. The van der Waals surface area contributed by atoms with E-state index in [4.69, 9.17) is 39.2 Å². The van der Waals surface area contributed by atoms with E-state index in [-0.39, 0.29) is 17.1 Å². The lowest BCUT2D eigenvalue weighted by atomic mass is 10.1. The number of alkyl halides is 3. The third kappa shape index (κ3) is 5.52. The number of carbonyl (C=O) groups is 1. The molecule has 170 valence electrons. The van der Waals surface area contributed by atoms with Crippen LogP contribution in [-0.2, 0) is 12.6 Å². The topological polar surface area (TPSA) is 55.1 Å². The van der Waals surface area contributed by atoms with Crippen molar-refractivity contribution in [2.75, 3.05) is 5.32 Å². The first-order chi connectivity index (χ1) is 15.6. The van der Waals surface area contributed by atoms with E-state index in [1.807, 2.05) is 6.07 Å². The van der Waals surface area contributed by atoms with Gasteiger partial charge in [-0.2, -0.15) is 13.2 Å². The predicted molar refractivity (Wildman–Crippen MR) is 123 cm³/mol. The number of anilines is 1. The number of nitrogens with one attached hydrogen (secondary N) is 1. The second-order valence-electron chi connectivity index (χ2n) is 6.85. The summed E-state index contributed by atoms with van der Waals surface area (Å²) in [6.07, 6.45) is -2.49. The van der Waals surface area contributed by atoms with Gasteiger partial charge >= 0.3 is 6.18 Å². The molecule has 2 aromatic carbocycles. The van der Waals surface area contributed by atoms with Crippen molar-refractivity contribution < 1.29 is 22.4 Å². The number of thiazole rings is 1. The van der Waals surface area contributed by atoms with E-state index >= 15 is 0 Å². The lowest BCUT2D eigenvalue weighted by Crippen LogP contribution is -2.10. The third-order valence-corrected chi connectivity index (χ3v) is 6.37.